The molecule has 1 amide bonds. The molecule has 0 unspecified atom stereocenters. The second-order valence-electron chi connectivity index (χ2n) is 4.13. The minimum atomic E-state index is -0.499. The van der Waals surface area contributed by atoms with Crippen molar-refractivity contribution < 1.29 is 19.0 Å². The maximum atomic E-state index is 11.2. The summed E-state index contributed by atoms with van der Waals surface area (Å²) in [6, 6.07) is 0. The summed E-state index contributed by atoms with van der Waals surface area (Å²) in [6.07, 6.45) is 1.90. The molecule has 15 heavy (non-hydrogen) atoms. The SMILES string of the molecule is COC[C@H]1O[C@]2(CCC(=O)N2)C[C@@H]1OC. The molecule has 0 aromatic rings. The lowest BCUT2D eigenvalue weighted by atomic mass is 10.1. The number of hydrogen-bond donors (Lipinski definition) is 1. The lowest BCUT2D eigenvalue weighted by molar-refractivity contribution is -0.125. The molecule has 0 saturated carbocycles. The van der Waals surface area contributed by atoms with Crippen LogP contribution >= 0.6 is 0 Å². The number of hydrogen-bond acceptors (Lipinski definition) is 4. The van der Waals surface area contributed by atoms with E-state index in [0.29, 0.717) is 19.4 Å². The molecular weight excluding hydrogens is 198 g/mol. The fraction of sp³-hybridized carbons (Fsp3) is 0.900. The Morgan fingerprint density at radius 2 is 2.40 bits per heavy atom. The minimum Gasteiger partial charge on any atom is -0.382 e. The van der Waals surface area contributed by atoms with E-state index in [-0.39, 0.29) is 18.1 Å². The van der Waals surface area contributed by atoms with Crippen LogP contribution in [-0.2, 0) is 19.0 Å². The van der Waals surface area contributed by atoms with Gasteiger partial charge in [-0.15, -0.1) is 0 Å². The molecule has 2 fully saturated rings. The van der Waals surface area contributed by atoms with E-state index in [1.165, 1.54) is 0 Å². The molecule has 2 aliphatic heterocycles. The first-order valence-corrected chi connectivity index (χ1v) is 5.20. The van der Waals surface area contributed by atoms with Crippen LogP contribution in [0.15, 0.2) is 0 Å². The molecule has 1 spiro atoms. The highest BCUT2D eigenvalue weighted by atomic mass is 16.6. The van der Waals surface area contributed by atoms with Gasteiger partial charge in [-0.2, -0.15) is 0 Å². The fourth-order valence-corrected chi connectivity index (χ4v) is 2.35. The van der Waals surface area contributed by atoms with Gasteiger partial charge in [0.05, 0.1) is 12.7 Å². The molecule has 5 nitrogen and oxygen atoms in total. The molecule has 2 rings (SSSR count). The van der Waals surface area contributed by atoms with Gasteiger partial charge in [0.15, 0.2) is 0 Å². The van der Waals surface area contributed by atoms with E-state index in [0.717, 1.165) is 6.42 Å². The average molecular weight is 215 g/mol. The lowest BCUT2D eigenvalue weighted by Crippen LogP contribution is -2.41. The largest absolute Gasteiger partial charge is 0.382 e. The molecular formula is C10H17NO4. The molecule has 86 valence electrons. The molecule has 0 aromatic carbocycles. The first-order valence-electron chi connectivity index (χ1n) is 5.20. The van der Waals surface area contributed by atoms with Gasteiger partial charge in [-0.25, -0.2) is 0 Å². The Labute approximate surface area is 89.1 Å². The topological polar surface area (TPSA) is 56.8 Å². The zero-order chi connectivity index (χ0) is 10.9. The van der Waals surface area contributed by atoms with Gasteiger partial charge in [-0.3, -0.25) is 4.79 Å². The van der Waals surface area contributed by atoms with E-state index in [1.807, 2.05) is 0 Å². The zero-order valence-corrected chi connectivity index (χ0v) is 9.12. The summed E-state index contributed by atoms with van der Waals surface area (Å²) in [7, 11) is 3.29. The Kier molecular flexibility index (Phi) is 2.95. The van der Waals surface area contributed by atoms with E-state index < -0.39 is 5.72 Å². The normalized spacial score (nSPS) is 40.0. The summed E-state index contributed by atoms with van der Waals surface area (Å²) in [5.41, 5.74) is -0.499. The predicted molar refractivity (Wildman–Crippen MR) is 52.3 cm³/mol. The van der Waals surface area contributed by atoms with Crippen molar-refractivity contribution in [3.05, 3.63) is 0 Å². The molecule has 2 saturated heterocycles. The maximum absolute atomic E-state index is 11.2. The number of carbonyl (C=O) groups is 1. The van der Waals surface area contributed by atoms with Gasteiger partial charge >= 0.3 is 0 Å². The summed E-state index contributed by atoms with van der Waals surface area (Å²) in [6.45, 7) is 0.496. The fourth-order valence-electron chi connectivity index (χ4n) is 2.35. The molecule has 2 aliphatic rings. The van der Waals surface area contributed by atoms with Gasteiger partial charge in [-0.05, 0) is 0 Å². The summed E-state index contributed by atoms with van der Waals surface area (Å²) in [5.74, 6) is 0.0583. The van der Waals surface area contributed by atoms with Crippen molar-refractivity contribution in [2.75, 3.05) is 20.8 Å². The average Bonchev–Trinajstić information content (AvgIpc) is 2.72. The van der Waals surface area contributed by atoms with Crippen molar-refractivity contribution in [3.63, 3.8) is 0 Å². The number of carbonyl (C=O) groups excluding carboxylic acids is 1. The Bertz CT molecular complexity index is 258. The number of amides is 1. The van der Waals surface area contributed by atoms with Crippen LogP contribution in [0.25, 0.3) is 0 Å². The highest BCUT2D eigenvalue weighted by Crippen LogP contribution is 2.36. The highest BCUT2D eigenvalue weighted by Gasteiger charge is 2.50. The van der Waals surface area contributed by atoms with E-state index in [2.05, 4.69) is 5.32 Å². The second kappa shape index (κ2) is 4.08. The molecule has 3 atom stereocenters. The number of methoxy groups -OCH3 is 2. The van der Waals surface area contributed by atoms with Gasteiger partial charge in [0.1, 0.15) is 11.8 Å². The van der Waals surface area contributed by atoms with Gasteiger partial charge in [-0.1, -0.05) is 0 Å². The third-order valence-electron chi connectivity index (χ3n) is 3.08. The van der Waals surface area contributed by atoms with Gasteiger partial charge in [0.25, 0.3) is 0 Å². The van der Waals surface area contributed by atoms with Crippen LogP contribution in [0.3, 0.4) is 0 Å². The van der Waals surface area contributed by atoms with Crippen molar-refractivity contribution in [2.24, 2.45) is 0 Å². The van der Waals surface area contributed by atoms with Gasteiger partial charge < -0.3 is 19.5 Å². The molecule has 0 bridgehead atoms. The second-order valence-corrected chi connectivity index (χ2v) is 4.13. The van der Waals surface area contributed by atoms with Crippen molar-refractivity contribution in [2.45, 2.75) is 37.2 Å². The van der Waals surface area contributed by atoms with E-state index in [1.54, 1.807) is 14.2 Å². The Morgan fingerprint density at radius 1 is 1.60 bits per heavy atom. The van der Waals surface area contributed by atoms with Crippen LogP contribution in [0, 0.1) is 0 Å². The monoisotopic (exact) mass is 215 g/mol. The molecule has 0 aliphatic carbocycles. The Balaban J connectivity index is 2.03. The summed E-state index contributed by atoms with van der Waals surface area (Å²) < 4.78 is 16.3. The molecule has 0 radical (unpaired) electrons. The van der Waals surface area contributed by atoms with Crippen LogP contribution in [0.4, 0.5) is 0 Å². The Morgan fingerprint density at radius 3 is 2.93 bits per heavy atom. The first-order chi connectivity index (χ1) is 7.19. The minimum absolute atomic E-state index is 0.00310. The summed E-state index contributed by atoms with van der Waals surface area (Å²) in [4.78, 5) is 11.2. The standard InChI is InChI=1S/C10H17NO4/c1-13-6-8-7(14-2)5-10(15-8)4-3-9(12)11-10/h7-8H,3-6H2,1-2H3,(H,11,12)/t7-,8+,10+/m0/s1. The smallest absolute Gasteiger partial charge is 0.222 e. The molecule has 1 N–H and O–H groups in total. The zero-order valence-electron chi connectivity index (χ0n) is 9.12. The van der Waals surface area contributed by atoms with Gasteiger partial charge in [0, 0.05) is 33.5 Å². The lowest BCUT2D eigenvalue weighted by Gasteiger charge is -2.23. The number of nitrogens with one attached hydrogen (secondary N) is 1. The van der Waals surface area contributed by atoms with Gasteiger partial charge in [0.2, 0.25) is 5.91 Å². The van der Waals surface area contributed by atoms with E-state index in [9.17, 15) is 4.79 Å². The van der Waals surface area contributed by atoms with Crippen LogP contribution in [0.5, 0.6) is 0 Å². The van der Waals surface area contributed by atoms with Crippen LogP contribution in [0.1, 0.15) is 19.3 Å². The van der Waals surface area contributed by atoms with Crippen molar-refractivity contribution in [1.82, 2.24) is 5.32 Å². The third kappa shape index (κ3) is 2.00. The van der Waals surface area contributed by atoms with Crippen LogP contribution in [0.2, 0.25) is 0 Å². The van der Waals surface area contributed by atoms with E-state index in [4.69, 9.17) is 14.2 Å². The highest BCUT2D eigenvalue weighted by molar-refractivity contribution is 5.79. The number of rotatable bonds is 3. The molecule has 5 heteroatoms. The Hall–Kier alpha value is -0.650. The quantitative estimate of drug-likeness (QED) is 0.722. The summed E-state index contributed by atoms with van der Waals surface area (Å²) in [5, 5.41) is 2.89. The van der Waals surface area contributed by atoms with Crippen LogP contribution in [-0.4, -0.2) is 44.7 Å². The third-order valence-corrected chi connectivity index (χ3v) is 3.08. The van der Waals surface area contributed by atoms with E-state index >= 15 is 0 Å². The van der Waals surface area contributed by atoms with Crippen LogP contribution < -0.4 is 5.32 Å². The number of ether oxygens (including phenoxy) is 3. The maximum Gasteiger partial charge on any atom is 0.222 e. The van der Waals surface area contributed by atoms with Crippen molar-refractivity contribution >= 4 is 5.91 Å². The first kappa shape index (κ1) is 10.9. The summed E-state index contributed by atoms with van der Waals surface area (Å²) >= 11 is 0. The van der Waals surface area contributed by atoms with Crippen molar-refractivity contribution in [1.29, 1.82) is 0 Å². The molecule has 0 aromatic heterocycles. The van der Waals surface area contributed by atoms with Crippen molar-refractivity contribution in [3.8, 4) is 0 Å². The molecule has 2 heterocycles. The predicted octanol–water partition coefficient (Wildman–Crippen LogP) is 0.0430.